The van der Waals surface area contributed by atoms with Gasteiger partial charge in [-0.2, -0.15) is 0 Å². The van der Waals surface area contributed by atoms with Crippen LogP contribution in [0.1, 0.15) is 36.1 Å². The second-order valence-corrected chi connectivity index (χ2v) is 57.4. The predicted octanol–water partition coefficient (Wildman–Crippen LogP) is 6.81. The molecule has 3 rings (SSSR count). The van der Waals surface area contributed by atoms with Crippen LogP contribution in [-0.2, 0) is 9.67 Å². The molecule has 29 heavy (non-hydrogen) atoms. The third-order valence-corrected chi connectivity index (χ3v) is 61.3. The molecule has 6 heteroatoms. The van der Waals surface area contributed by atoms with Gasteiger partial charge in [-0.3, -0.25) is 0 Å². The molecule has 2 aromatic rings. The first-order chi connectivity index (χ1) is 12.9. The summed E-state index contributed by atoms with van der Waals surface area (Å²) in [5.41, 5.74) is 4.27. The number of hydrogen-bond acceptors (Lipinski definition) is 2. The van der Waals surface area contributed by atoms with E-state index in [2.05, 4.69) is 91.4 Å². The van der Waals surface area contributed by atoms with Crippen molar-refractivity contribution < 1.29 is 14.8 Å². The topological polar surface area (TPSA) is 32.3 Å². The molecule has 0 bridgehead atoms. The summed E-state index contributed by atoms with van der Waals surface area (Å²) in [6.45, 7) is 10.8. The van der Waals surface area contributed by atoms with Crippen molar-refractivity contribution in [1.29, 1.82) is 0 Å². The molecule has 0 spiro atoms. The Morgan fingerprint density at radius 1 is 1.00 bits per heavy atom. The summed E-state index contributed by atoms with van der Waals surface area (Å²) in [5.74, 6) is -2.60. The zero-order valence-corrected chi connectivity index (χ0v) is 22.6. The van der Waals surface area contributed by atoms with Gasteiger partial charge in [-0.25, -0.2) is 0 Å². The van der Waals surface area contributed by atoms with E-state index in [1.807, 2.05) is 0 Å². The maximum atomic E-state index is 10.0. The summed E-state index contributed by atoms with van der Waals surface area (Å²) in [4.78, 5) is 4.97. The van der Waals surface area contributed by atoms with E-state index < -0.39 is 15.6 Å². The molecule has 0 atom stereocenters. The van der Waals surface area contributed by atoms with Gasteiger partial charge in [0, 0.05) is 0 Å². The Morgan fingerprint density at radius 3 is 1.79 bits per heavy atom. The summed E-state index contributed by atoms with van der Waals surface area (Å²) < 4.78 is 3.61. The summed E-state index contributed by atoms with van der Waals surface area (Å²) in [7, 11) is 10.4. The zero-order chi connectivity index (χ0) is 22.0. The van der Waals surface area contributed by atoms with Gasteiger partial charge >= 0.3 is 180 Å². The van der Waals surface area contributed by atoms with Gasteiger partial charge in [0.15, 0.2) is 0 Å². The van der Waals surface area contributed by atoms with Gasteiger partial charge in [-0.15, -0.1) is 0 Å². The van der Waals surface area contributed by atoms with Gasteiger partial charge in [0.1, 0.15) is 0 Å². The minimum atomic E-state index is -5.96. The first-order valence-corrected chi connectivity index (χ1v) is 24.6. The fourth-order valence-electron chi connectivity index (χ4n) is 5.91. The van der Waals surface area contributed by atoms with Crippen LogP contribution in [0.3, 0.4) is 0 Å². The molecule has 0 saturated carbocycles. The van der Waals surface area contributed by atoms with Crippen molar-refractivity contribution in [3.63, 3.8) is 0 Å². The average molecular weight is 488 g/mol. The van der Waals surface area contributed by atoms with Gasteiger partial charge in [0.05, 0.1) is 0 Å². The molecule has 0 saturated heterocycles. The number of rotatable bonds is 5. The normalized spacial score (nSPS) is 18.9. The number of fused-ring (bicyclic) bond motifs is 3. The van der Waals surface area contributed by atoms with Crippen LogP contribution < -0.4 is 3.80 Å². The first-order valence-electron chi connectivity index (χ1n) is 10.4. The first kappa shape index (κ1) is 23.4. The van der Waals surface area contributed by atoms with Crippen LogP contribution in [-0.4, -0.2) is 28.0 Å². The summed E-state index contributed by atoms with van der Waals surface area (Å²) >= 11 is 0. The molecule has 160 valence electrons. The molecule has 0 fully saturated rings. The Balaban J connectivity index is 2.56. The zero-order valence-electron chi connectivity index (χ0n) is 18.5. The van der Waals surface area contributed by atoms with Crippen LogP contribution in [0.25, 0.3) is 11.1 Å². The second kappa shape index (κ2) is 5.75. The van der Waals surface area contributed by atoms with Crippen molar-refractivity contribution in [2.45, 2.75) is 54.9 Å². The Hall–Kier alpha value is -0.259. The molecule has 0 aliphatic heterocycles. The Labute approximate surface area is 179 Å². The van der Waals surface area contributed by atoms with Crippen LogP contribution in [0.2, 0.25) is 24.4 Å². The molecule has 1 aliphatic carbocycles. The minimum absolute atomic E-state index is 0.0519. The predicted molar refractivity (Wildman–Crippen MR) is 131 cm³/mol. The molecule has 0 unspecified atom stereocenters. The molecule has 1 aliphatic rings. The van der Waals surface area contributed by atoms with E-state index in [1.54, 1.807) is 0 Å². The van der Waals surface area contributed by atoms with Gasteiger partial charge in [-0.1, -0.05) is 0 Å². The second-order valence-electron chi connectivity index (χ2n) is 11.8. The van der Waals surface area contributed by atoms with E-state index in [-0.39, 0.29) is 16.4 Å². The van der Waals surface area contributed by atoms with Crippen molar-refractivity contribution in [2.75, 3.05) is 6.61 Å². The van der Waals surface area contributed by atoms with Crippen LogP contribution in [0.5, 0.6) is 0 Å². The standard InChI is InChI=1S/C13H9.C4H10N.C4H11OSi.CH3.CH2.2ClH.Ti/c1-3-7-12-10(5-1)9-11-6-2-4-8-13(11)12;1-4(2,3)5;1-6(2)4-3-5;;;;;/h1-9H;5H,1-3H3;5H,3-4H2,1-2H3;1H3;1H2;2*1H;/q;-1;;;;;;+3/p-2. The van der Waals surface area contributed by atoms with E-state index in [0.717, 1.165) is 11.1 Å². The molecule has 0 radical (unpaired) electrons. The third-order valence-electron chi connectivity index (χ3n) is 7.78. The molecule has 2 nitrogen and oxygen atoms in total. The van der Waals surface area contributed by atoms with Crippen molar-refractivity contribution in [2.24, 2.45) is 0 Å². The van der Waals surface area contributed by atoms with Crippen molar-refractivity contribution in [3.8, 4) is 11.1 Å². The van der Waals surface area contributed by atoms with Crippen LogP contribution in [0.4, 0.5) is 0 Å². The molecule has 2 aromatic carbocycles. The van der Waals surface area contributed by atoms with Gasteiger partial charge in [0.2, 0.25) is 0 Å². The summed E-state index contributed by atoms with van der Waals surface area (Å²) in [5, 5.41) is 12.1. The molecule has 2 N–H and O–H groups in total. The number of aliphatic hydroxyl groups is 1. The molecule has 0 heterocycles. The van der Waals surface area contributed by atoms with Gasteiger partial charge < -0.3 is 0 Å². The molecular weight excluding hydrogens is 453 g/mol. The Bertz CT molecular complexity index is 1060. The number of halogens is 2. The SMILES string of the molecule is [CH2]=[Ti]([CH3])([Cl])([Cl])([NH]C(C)(C)C)([CH]1c2ccccc2-c2ccccc21)[Si](C)(C)CCO. The van der Waals surface area contributed by atoms with Crippen LogP contribution >= 0.6 is 18.6 Å². The van der Waals surface area contributed by atoms with E-state index in [1.165, 1.54) is 11.1 Å². The van der Waals surface area contributed by atoms with Gasteiger partial charge in [0.25, 0.3) is 0 Å². The Morgan fingerprint density at radius 2 is 1.41 bits per heavy atom. The maximum absolute atomic E-state index is 10.0. The molecular formula is C23H35Cl2NOSiTi. The van der Waals surface area contributed by atoms with Crippen molar-refractivity contribution in [1.82, 2.24) is 3.80 Å². The van der Waals surface area contributed by atoms with Crippen molar-refractivity contribution in [3.05, 3.63) is 59.7 Å². The quantitative estimate of drug-likeness (QED) is 0.454. The van der Waals surface area contributed by atoms with E-state index >= 15 is 0 Å². The molecule has 0 amide bonds. The van der Waals surface area contributed by atoms with E-state index in [4.69, 9.17) is 23.4 Å². The van der Waals surface area contributed by atoms with E-state index in [0.29, 0.717) is 6.04 Å². The number of hydrogen-bond donors (Lipinski definition) is 2. The third kappa shape index (κ3) is 3.12. The fraction of sp³-hybridized carbons (Fsp3) is 0.435. The fourth-order valence-corrected chi connectivity index (χ4v) is 36.4. The summed E-state index contributed by atoms with van der Waals surface area (Å²) in [6.07, 6.45) is 0. The molecule has 0 aromatic heterocycles. The number of benzene rings is 2. The van der Waals surface area contributed by atoms with Crippen LogP contribution in [0, 0.1) is 0 Å². The van der Waals surface area contributed by atoms with Crippen LogP contribution in [0.15, 0.2) is 48.5 Å². The monoisotopic (exact) mass is 487 g/mol. The van der Waals surface area contributed by atoms with Crippen molar-refractivity contribution >= 4 is 29.4 Å². The van der Waals surface area contributed by atoms with E-state index in [9.17, 15) is 5.11 Å². The van der Waals surface area contributed by atoms with Gasteiger partial charge in [-0.05, 0) is 0 Å². The summed E-state index contributed by atoms with van der Waals surface area (Å²) in [6, 6.07) is 17.4. The number of aliphatic hydroxyl groups excluding tert-OH is 1. The average Bonchev–Trinajstić information content (AvgIpc) is 2.88. The Kier molecular flexibility index (Phi) is 4.64. The number of nitrogens with one attached hydrogen (secondary N) is 1.